The van der Waals surface area contributed by atoms with E-state index in [1.54, 1.807) is 20.8 Å². The third kappa shape index (κ3) is 3.97. The summed E-state index contributed by atoms with van der Waals surface area (Å²) in [4.78, 5) is 37.2. The average molecular weight is 329 g/mol. The largest absolute Gasteiger partial charge is 0.462 e. The van der Waals surface area contributed by atoms with Gasteiger partial charge in [0.25, 0.3) is 0 Å². The highest BCUT2D eigenvalue weighted by atomic mass is 32.1. The summed E-state index contributed by atoms with van der Waals surface area (Å²) in [5, 5.41) is 0. The Morgan fingerprint density at radius 2 is 1.50 bits per heavy atom. The van der Waals surface area contributed by atoms with Crippen molar-refractivity contribution >= 4 is 29.4 Å². The van der Waals surface area contributed by atoms with E-state index in [9.17, 15) is 14.4 Å². The zero-order valence-electron chi connectivity index (χ0n) is 13.2. The molecule has 0 spiro atoms. The summed E-state index contributed by atoms with van der Waals surface area (Å²) in [5.74, 6) is -1.18. The first-order chi connectivity index (χ1) is 10.3. The van der Waals surface area contributed by atoms with Gasteiger partial charge in [0.1, 0.15) is 4.88 Å². The van der Waals surface area contributed by atoms with Gasteiger partial charge < -0.3 is 19.1 Å². The maximum absolute atomic E-state index is 12.0. The van der Waals surface area contributed by atoms with Crippen LogP contribution in [0.2, 0.25) is 0 Å². The molecule has 0 N–H and O–H groups in total. The molecule has 0 bridgehead atoms. The van der Waals surface area contributed by atoms with Gasteiger partial charge in [-0.3, -0.25) is 0 Å². The van der Waals surface area contributed by atoms with Crippen molar-refractivity contribution in [3.63, 3.8) is 0 Å². The summed E-state index contributed by atoms with van der Waals surface area (Å²) in [7, 11) is 3.03. The van der Waals surface area contributed by atoms with Gasteiger partial charge in [-0.2, -0.15) is 0 Å². The standard InChI is InChI=1S/C14H19NO6S/c1-6-19-12(16)10-8(3)9(21-14(18)15(4)5)11(22-10)13(17)20-7-2/h6-7H2,1-5H3. The molecule has 0 saturated carbocycles. The SMILES string of the molecule is CCOC(=O)c1sc(C(=O)OCC)c(OC(=O)N(C)C)c1C. The van der Waals surface area contributed by atoms with E-state index in [1.165, 1.54) is 19.0 Å². The van der Waals surface area contributed by atoms with Crippen LogP contribution >= 0.6 is 11.3 Å². The van der Waals surface area contributed by atoms with E-state index < -0.39 is 18.0 Å². The molecule has 0 radical (unpaired) electrons. The fourth-order valence-electron chi connectivity index (χ4n) is 1.52. The number of carbonyl (C=O) groups is 3. The van der Waals surface area contributed by atoms with Gasteiger partial charge in [0.2, 0.25) is 0 Å². The lowest BCUT2D eigenvalue weighted by Gasteiger charge is -2.11. The molecule has 0 aliphatic heterocycles. The number of hydrogen-bond acceptors (Lipinski definition) is 7. The van der Waals surface area contributed by atoms with Gasteiger partial charge in [0.15, 0.2) is 10.6 Å². The van der Waals surface area contributed by atoms with Crippen LogP contribution in [0.25, 0.3) is 0 Å². The van der Waals surface area contributed by atoms with Crippen LogP contribution in [0.1, 0.15) is 38.8 Å². The second-order valence-corrected chi connectivity index (χ2v) is 5.44. The molecule has 8 heteroatoms. The van der Waals surface area contributed by atoms with Crippen LogP contribution in [0.4, 0.5) is 4.79 Å². The minimum atomic E-state index is -0.651. The molecule has 122 valence electrons. The molecule has 1 rings (SSSR count). The van der Waals surface area contributed by atoms with Gasteiger partial charge in [-0.15, -0.1) is 11.3 Å². The fourth-order valence-corrected chi connectivity index (χ4v) is 2.54. The highest BCUT2D eigenvalue weighted by Gasteiger charge is 2.28. The number of hydrogen-bond donors (Lipinski definition) is 0. The molecule has 0 unspecified atom stereocenters. The third-order valence-electron chi connectivity index (χ3n) is 2.57. The lowest BCUT2D eigenvalue weighted by molar-refractivity contribution is 0.0520. The average Bonchev–Trinajstić information content (AvgIpc) is 2.77. The molecule has 1 heterocycles. The maximum Gasteiger partial charge on any atom is 0.414 e. The van der Waals surface area contributed by atoms with Crippen molar-refractivity contribution < 1.29 is 28.6 Å². The minimum absolute atomic E-state index is 0.0326. The zero-order valence-corrected chi connectivity index (χ0v) is 14.0. The summed E-state index contributed by atoms with van der Waals surface area (Å²) in [5.41, 5.74) is 0.377. The molecule has 1 aromatic heterocycles. The number of nitrogens with zero attached hydrogens (tertiary/aromatic N) is 1. The molecule has 0 aliphatic rings. The van der Waals surface area contributed by atoms with E-state index in [1.807, 2.05) is 0 Å². The molecule has 0 atom stereocenters. The fraction of sp³-hybridized carbons (Fsp3) is 0.500. The predicted octanol–water partition coefficient (Wildman–Crippen LogP) is 2.47. The number of amides is 1. The Hall–Kier alpha value is -2.09. The van der Waals surface area contributed by atoms with Gasteiger partial charge in [-0.1, -0.05) is 0 Å². The normalized spacial score (nSPS) is 10.0. The quantitative estimate of drug-likeness (QED) is 0.772. The Labute approximate surface area is 132 Å². The van der Waals surface area contributed by atoms with E-state index in [4.69, 9.17) is 14.2 Å². The van der Waals surface area contributed by atoms with Crippen molar-refractivity contribution in [2.24, 2.45) is 0 Å². The Balaban J connectivity index is 3.27. The molecule has 1 aromatic rings. The Morgan fingerprint density at radius 3 is 1.95 bits per heavy atom. The molecular formula is C14H19NO6S. The second kappa shape index (κ2) is 7.79. The van der Waals surface area contributed by atoms with Gasteiger partial charge >= 0.3 is 18.0 Å². The van der Waals surface area contributed by atoms with Crippen molar-refractivity contribution in [1.29, 1.82) is 0 Å². The van der Waals surface area contributed by atoms with E-state index in [2.05, 4.69) is 0 Å². The first-order valence-electron chi connectivity index (χ1n) is 6.70. The van der Waals surface area contributed by atoms with Gasteiger partial charge in [0.05, 0.1) is 13.2 Å². The van der Waals surface area contributed by atoms with Crippen LogP contribution in [-0.2, 0) is 9.47 Å². The molecule has 0 aromatic carbocycles. The van der Waals surface area contributed by atoms with E-state index in [-0.39, 0.29) is 28.7 Å². The molecular weight excluding hydrogens is 310 g/mol. The summed E-state index contributed by atoms with van der Waals surface area (Å²) < 4.78 is 15.1. The Kier molecular flexibility index (Phi) is 6.36. The summed E-state index contributed by atoms with van der Waals surface area (Å²) in [6.07, 6.45) is -0.651. The first-order valence-corrected chi connectivity index (χ1v) is 7.51. The first kappa shape index (κ1) is 18.0. The second-order valence-electron chi connectivity index (χ2n) is 4.42. The van der Waals surface area contributed by atoms with Crippen molar-refractivity contribution in [2.45, 2.75) is 20.8 Å². The highest BCUT2D eigenvalue weighted by molar-refractivity contribution is 7.16. The van der Waals surface area contributed by atoms with E-state index in [0.29, 0.717) is 5.56 Å². The van der Waals surface area contributed by atoms with E-state index in [0.717, 1.165) is 11.3 Å². The summed E-state index contributed by atoms with van der Waals surface area (Å²) in [6, 6.07) is 0. The lowest BCUT2D eigenvalue weighted by atomic mass is 10.2. The van der Waals surface area contributed by atoms with Crippen molar-refractivity contribution in [3.8, 4) is 5.75 Å². The number of thiophene rings is 1. The predicted molar refractivity (Wildman–Crippen MR) is 80.7 cm³/mol. The van der Waals surface area contributed by atoms with E-state index >= 15 is 0 Å². The van der Waals surface area contributed by atoms with Gasteiger partial charge in [0, 0.05) is 19.7 Å². The maximum atomic E-state index is 12.0. The number of carbonyl (C=O) groups excluding carboxylic acids is 3. The van der Waals surface area contributed by atoms with Gasteiger partial charge in [-0.05, 0) is 20.8 Å². The highest BCUT2D eigenvalue weighted by Crippen LogP contribution is 2.36. The zero-order chi connectivity index (χ0) is 16.9. The molecule has 0 saturated heterocycles. The molecule has 22 heavy (non-hydrogen) atoms. The van der Waals surface area contributed by atoms with Crippen molar-refractivity contribution in [3.05, 3.63) is 15.3 Å². The monoisotopic (exact) mass is 329 g/mol. The van der Waals surface area contributed by atoms with Crippen LogP contribution in [0.5, 0.6) is 5.75 Å². The summed E-state index contributed by atoms with van der Waals surface area (Å²) in [6.45, 7) is 5.31. The topological polar surface area (TPSA) is 82.1 Å². The van der Waals surface area contributed by atoms with Crippen LogP contribution in [-0.4, -0.2) is 50.2 Å². The minimum Gasteiger partial charge on any atom is -0.462 e. The third-order valence-corrected chi connectivity index (χ3v) is 3.80. The Morgan fingerprint density at radius 1 is 1.00 bits per heavy atom. The van der Waals surface area contributed by atoms with Crippen molar-refractivity contribution in [2.75, 3.05) is 27.3 Å². The summed E-state index contributed by atoms with van der Waals surface area (Å²) >= 11 is 0.891. The van der Waals surface area contributed by atoms with Crippen LogP contribution in [0.15, 0.2) is 0 Å². The lowest BCUT2D eigenvalue weighted by Crippen LogP contribution is -2.26. The van der Waals surface area contributed by atoms with Crippen LogP contribution in [0, 0.1) is 6.92 Å². The number of rotatable bonds is 5. The number of ether oxygens (including phenoxy) is 3. The molecule has 1 amide bonds. The van der Waals surface area contributed by atoms with Gasteiger partial charge in [-0.25, -0.2) is 14.4 Å². The smallest absolute Gasteiger partial charge is 0.414 e. The van der Waals surface area contributed by atoms with Crippen LogP contribution in [0.3, 0.4) is 0 Å². The molecule has 0 fully saturated rings. The van der Waals surface area contributed by atoms with Crippen LogP contribution < -0.4 is 4.74 Å². The molecule has 7 nitrogen and oxygen atoms in total. The van der Waals surface area contributed by atoms with Crippen molar-refractivity contribution in [1.82, 2.24) is 4.90 Å². The molecule has 0 aliphatic carbocycles. The Bertz CT molecular complexity index is 578. The number of esters is 2.